The van der Waals surface area contributed by atoms with Crippen LogP contribution in [0.3, 0.4) is 0 Å². The molecule has 1 aliphatic rings. The molecule has 0 heterocycles. The Morgan fingerprint density at radius 3 is 2.76 bits per heavy atom. The second-order valence-electron chi connectivity index (χ2n) is 4.50. The molecule has 0 bridgehead atoms. The van der Waals surface area contributed by atoms with E-state index in [1.807, 2.05) is 24.3 Å². The Bertz CT molecular complexity index is 434. The van der Waals surface area contributed by atoms with Crippen LogP contribution < -0.4 is 5.73 Å². The van der Waals surface area contributed by atoms with Gasteiger partial charge in [0.15, 0.2) is 5.78 Å². The zero-order valence-electron chi connectivity index (χ0n) is 10.1. The first-order valence-corrected chi connectivity index (χ1v) is 6.34. The van der Waals surface area contributed by atoms with Gasteiger partial charge in [-0.2, -0.15) is 0 Å². The van der Waals surface area contributed by atoms with Gasteiger partial charge in [0.25, 0.3) is 0 Å². The van der Waals surface area contributed by atoms with E-state index in [0.29, 0.717) is 6.54 Å². The average molecular weight is 229 g/mol. The van der Waals surface area contributed by atoms with E-state index >= 15 is 0 Å². The molecule has 0 atom stereocenters. The summed E-state index contributed by atoms with van der Waals surface area (Å²) in [7, 11) is 0. The van der Waals surface area contributed by atoms with Crippen molar-refractivity contribution in [1.82, 2.24) is 0 Å². The lowest BCUT2D eigenvalue weighted by Crippen LogP contribution is -2.12. The number of carbonyl (C=O) groups excluding carboxylic acids is 1. The van der Waals surface area contributed by atoms with E-state index in [-0.39, 0.29) is 5.78 Å². The molecule has 0 amide bonds. The van der Waals surface area contributed by atoms with Crippen molar-refractivity contribution in [2.24, 2.45) is 5.73 Å². The molecule has 0 aliphatic heterocycles. The molecule has 0 unspecified atom stereocenters. The molecule has 1 aromatic rings. The van der Waals surface area contributed by atoms with Gasteiger partial charge in [-0.1, -0.05) is 30.3 Å². The van der Waals surface area contributed by atoms with Crippen molar-refractivity contribution in [2.45, 2.75) is 32.1 Å². The van der Waals surface area contributed by atoms with Crippen molar-refractivity contribution in [1.29, 1.82) is 0 Å². The van der Waals surface area contributed by atoms with Crippen molar-refractivity contribution >= 4 is 5.78 Å². The maximum Gasteiger partial charge on any atom is 0.188 e. The molecule has 2 nitrogen and oxygen atoms in total. The molecule has 0 radical (unpaired) electrons. The number of ketones is 1. The van der Waals surface area contributed by atoms with Crippen LogP contribution >= 0.6 is 0 Å². The molecule has 0 spiro atoms. The number of hydrogen-bond donors (Lipinski definition) is 1. The van der Waals surface area contributed by atoms with Crippen molar-refractivity contribution in [3.8, 4) is 0 Å². The highest BCUT2D eigenvalue weighted by molar-refractivity contribution is 6.09. The quantitative estimate of drug-likeness (QED) is 0.807. The second-order valence-corrected chi connectivity index (χ2v) is 4.50. The van der Waals surface area contributed by atoms with Gasteiger partial charge >= 0.3 is 0 Å². The highest BCUT2D eigenvalue weighted by Gasteiger charge is 2.16. The number of nitrogens with two attached hydrogens (primary N) is 1. The van der Waals surface area contributed by atoms with Crippen LogP contribution in [0.4, 0.5) is 0 Å². The lowest BCUT2D eigenvalue weighted by Gasteiger charge is -2.13. The number of Topliss-reactive ketones (excluding diaryl/α,β-unsaturated/α-hetero) is 1. The summed E-state index contributed by atoms with van der Waals surface area (Å²) in [6.07, 6.45) is 7.19. The average Bonchev–Trinajstić information content (AvgIpc) is 2.40. The molecule has 2 N–H and O–H groups in total. The summed E-state index contributed by atoms with van der Waals surface area (Å²) in [6.45, 7) is 0.587. The maximum atomic E-state index is 12.4. The van der Waals surface area contributed by atoms with E-state index in [4.69, 9.17) is 5.73 Å². The summed E-state index contributed by atoms with van der Waals surface area (Å²) in [6, 6.07) is 7.82. The van der Waals surface area contributed by atoms with Crippen LogP contribution in [0.25, 0.3) is 0 Å². The van der Waals surface area contributed by atoms with Gasteiger partial charge in [0.2, 0.25) is 0 Å². The molecule has 1 aliphatic carbocycles. The van der Waals surface area contributed by atoms with Gasteiger partial charge < -0.3 is 5.73 Å². The second kappa shape index (κ2) is 5.78. The molecule has 2 rings (SSSR count). The summed E-state index contributed by atoms with van der Waals surface area (Å²) in [5.41, 5.74) is 8.48. The number of allylic oxidation sites excluding steroid dienone is 2. The Kier molecular flexibility index (Phi) is 4.10. The Labute approximate surface area is 103 Å². The fourth-order valence-corrected chi connectivity index (χ4v) is 2.33. The lowest BCUT2D eigenvalue weighted by atomic mass is 9.90. The SMILES string of the molecule is NCCc1ccccc1C(=O)C1=CCCCC1. The minimum atomic E-state index is 0.203. The van der Waals surface area contributed by atoms with E-state index in [0.717, 1.165) is 42.4 Å². The maximum absolute atomic E-state index is 12.4. The fourth-order valence-electron chi connectivity index (χ4n) is 2.33. The first-order chi connectivity index (χ1) is 8.33. The van der Waals surface area contributed by atoms with Crippen molar-refractivity contribution in [3.63, 3.8) is 0 Å². The van der Waals surface area contributed by atoms with Crippen LogP contribution in [-0.2, 0) is 6.42 Å². The number of rotatable bonds is 4. The molecule has 0 saturated carbocycles. The van der Waals surface area contributed by atoms with Crippen LogP contribution in [0, 0.1) is 0 Å². The van der Waals surface area contributed by atoms with Crippen LogP contribution in [-0.4, -0.2) is 12.3 Å². The predicted molar refractivity (Wildman–Crippen MR) is 70.1 cm³/mol. The van der Waals surface area contributed by atoms with Crippen LogP contribution in [0.1, 0.15) is 41.6 Å². The van der Waals surface area contributed by atoms with E-state index in [2.05, 4.69) is 6.08 Å². The minimum absolute atomic E-state index is 0.203. The van der Waals surface area contributed by atoms with Crippen LogP contribution in [0.2, 0.25) is 0 Å². The van der Waals surface area contributed by atoms with Gasteiger partial charge in [0, 0.05) is 5.56 Å². The molecular weight excluding hydrogens is 210 g/mol. The largest absolute Gasteiger partial charge is 0.330 e. The third-order valence-corrected chi connectivity index (χ3v) is 3.26. The van der Waals surface area contributed by atoms with Gasteiger partial charge in [-0.15, -0.1) is 0 Å². The smallest absolute Gasteiger partial charge is 0.188 e. The Hall–Kier alpha value is -1.41. The minimum Gasteiger partial charge on any atom is -0.330 e. The number of benzene rings is 1. The van der Waals surface area contributed by atoms with E-state index in [1.54, 1.807) is 0 Å². The third kappa shape index (κ3) is 2.83. The van der Waals surface area contributed by atoms with Crippen molar-refractivity contribution in [2.75, 3.05) is 6.54 Å². The summed E-state index contributed by atoms with van der Waals surface area (Å²) < 4.78 is 0. The molecule has 0 saturated heterocycles. The van der Waals surface area contributed by atoms with Gasteiger partial charge in [-0.05, 0) is 49.8 Å². The first-order valence-electron chi connectivity index (χ1n) is 6.34. The zero-order chi connectivity index (χ0) is 12.1. The summed E-state index contributed by atoms with van der Waals surface area (Å²) in [5, 5.41) is 0. The standard InChI is InChI=1S/C15H19NO/c16-11-10-12-6-4-5-9-14(12)15(17)13-7-2-1-3-8-13/h4-7,9H,1-3,8,10-11,16H2. The normalized spacial score (nSPS) is 15.5. The molecule has 1 aromatic carbocycles. The van der Waals surface area contributed by atoms with Crippen molar-refractivity contribution in [3.05, 3.63) is 47.0 Å². The third-order valence-electron chi connectivity index (χ3n) is 3.26. The Morgan fingerprint density at radius 1 is 1.24 bits per heavy atom. The van der Waals surface area contributed by atoms with Gasteiger partial charge in [-0.3, -0.25) is 4.79 Å². The topological polar surface area (TPSA) is 43.1 Å². The van der Waals surface area contributed by atoms with Crippen molar-refractivity contribution < 1.29 is 4.79 Å². The lowest BCUT2D eigenvalue weighted by molar-refractivity contribution is 0.102. The summed E-state index contributed by atoms with van der Waals surface area (Å²) in [5.74, 6) is 0.203. The van der Waals surface area contributed by atoms with E-state index in [1.165, 1.54) is 6.42 Å². The number of hydrogen-bond acceptors (Lipinski definition) is 2. The first kappa shape index (κ1) is 12.1. The predicted octanol–water partition coefficient (Wildman–Crippen LogP) is 2.87. The monoisotopic (exact) mass is 229 g/mol. The Morgan fingerprint density at radius 2 is 2.06 bits per heavy atom. The van der Waals surface area contributed by atoms with Gasteiger partial charge in [0.05, 0.1) is 0 Å². The zero-order valence-corrected chi connectivity index (χ0v) is 10.1. The fraction of sp³-hybridized carbons (Fsp3) is 0.400. The highest BCUT2D eigenvalue weighted by atomic mass is 16.1. The summed E-state index contributed by atoms with van der Waals surface area (Å²) in [4.78, 5) is 12.4. The number of carbonyl (C=O) groups is 1. The molecule has 90 valence electrons. The van der Waals surface area contributed by atoms with E-state index < -0.39 is 0 Å². The summed E-state index contributed by atoms with van der Waals surface area (Å²) >= 11 is 0. The van der Waals surface area contributed by atoms with Crippen LogP contribution in [0.15, 0.2) is 35.9 Å². The Balaban J connectivity index is 2.26. The molecule has 2 heteroatoms. The highest BCUT2D eigenvalue weighted by Crippen LogP contribution is 2.23. The van der Waals surface area contributed by atoms with Gasteiger partial charge in [0.1, 0.15) is 0 Å². The molecule has 0 fully saturated rings. The van der Waals surface area contributed by atoms with E-state index in [9.17, 15) is 4.79 Å². The van der Waals surface area contributed by atoms with Crippen LogP contribution in [0.5, 0.6) is 0 Å². The van der Waals surface area contributed by atoms with Gasteiger partial charge in [-0.25, -0.2) is 0 Å². The molecule has 17 heavy (non-hydrogen) atoms. The molecule has 0 aromatic heterocycles. The molecular formula is C15H19NO.